The number of rotatable bonds is 4. The molecule has 0 aliphatic carbocycles. The summed E-state index contributed by atoms with van der Waals surface area (Å²) in [6.07, 6.45) is 3.40. The van der Waals surface area contributed by atoms with Crippen LogP contribution in [-0.2, 0) is 19.4 Å². The Balaban J connectivity index is 1.71. The molecular formula is C13H14FN5. The van der Waals surface area contributed by atoms with Gasteiger partial charge in [-0.25, -0.2) is 13.9 Å². The van der Waals surface area contributed by atoms with E-state index in [2.05, 4.69) is 15.1 Å². The van der Waals surface area contributed by atoms with Crippen molar-refractivity contribution in [1.82, 2.24) is 19.6 Å². The van der Waals surface area contributed by atoms with Crippen molar-refractivity contribution in [2.24, 2.45) is 5.73 Å². The maximum atomic E-state index is 12.8. The van der Waals surface area contributed by atoms with Crippen LogP contribution in [0.5, 0.6) is 0 Å². The van der Waals surface area contributed by atoms with Crippen molar-refractivity contribution in [3.63, 3.8) is 0 Å². The molecular weight excluding hydrogens is 245 g/mol. The zero-order valence-electron chi connectivity index (χ0n) is 10.3. The highest BCUT2D eigenvalue weighted by molar-refractivity contribution is 5.29. The third-order valence-corrected chi connectivity index (χ3v) is 2.99. The van der Waals surface area contributed by atoms with Gasteiger partial charge in [-0.2, -0.15) is 4.98 Å². The van der Waals surface area contributed by atoms with Gasteiger partial charge in [-0.1, -0.05) is 12.1 Å². The Morgan fingerprint density at radius 2 is 1.95 bits per heavy atom. The van der Waals surface area contributed by atoms with Gasteiger partial charge in [-0.3, -0.25) is 5.10 Å². The number of aromatic nitrogens is 4. The smallest absolute Gasteiger partial charge is 0.250 e. The summed E-state index contributed by atoms with van der Waals surface area (Å²) in [5.74, 6) is 1.28. The molecule has 0 saturated carbocycles. The number of fused-ring (bicyclic) bond motifs is 1. The van der Waals surface area contributed by atoms with E-state index in [1.54, 1.807) is 16.6 Å². The first kappa shape index (κ1) is 11.9. The Labute approximate surface area is 109 Å². The molecule has 19 heavy (non-hydrogen) atoms. The number of hydrogen-bond donors (Lipinski definition) is 2. The number of H-pyrrole nitrogens is 1. The summed E-state index contributed by atoms with van der Waals surface area (Å²) < 4.78 is 14.5. The lowest BCUT2D eigenvalue weighted by molar-refractivity contribution is 0.627. The first-order chi connectivity index (χ1) is 9.24. The summed E-state index contributed by atoms with van der Waals surface area (Å²) in [4.78, 5) is 8.65. The number of imidazole rings is 1. The number of benzene rings is 1. The van der Waals surface area contributed by atoms with Crippen LogP contribution >= 0.6 is 0 Å². The Bertz CT molecular complexity index is 651. The highest BCUT2D eigenvalue weighted by Crippen LogP contribution is 2.08. The quantitative estimate of drug-likeness (QED) is 0.744. The standard InChI is InChI=1S/C13H14FN5/c14-10-4-1-9(2-5-10)3-6-12-17-13-16-11(7-15)8-19(13)18-12/h1-2,4-5,8H,3,6-7,15H2,(H,16,17,18). The second-order valence-electron chi connectivity index (χ2n) is 4.40. The molecule has 0 saturated heterocycles. The molecule has 0 radical (unpaired) electrons. The molecule has 0 unspecified atom stereocenters. The van der Waals surface area contributed by atoms with Gasteiger partial charge in [0.1, 0.15) is 11.6 Å². The average molecular weight is 259 g/mol. The average Bonchev–Trinajstić information content (AvgIpc) is 2.95. The lowest BCUT2D eigenvalue weighted by Gasteiger charge is -1.98. The maximum Gasteiger partial charge on any atom is 0.250 e. The number of nitrogens with one attached hydrogen (secondary N) is 1. The number of nitrogens with zero attached hydrogens (tertiary/aromatic N) is 3. The molecule has 0 aliphatic heterocycles. The van der Waals surface area contributed by atoms with E-state index in [1.165, 1.54) is 12.1 Å². The van der Waals surface area contributed by atoms with Gasteiger partial charge in [0, 0.05) is 13.0 Å². The van der Waals surface area contributed by atoms with E-state index >= 15 is 0 Å². The van der Waals surface area contributed by atoms with Crippen molar-refractivity contribution < 1.29 is 4.39 Å². The Hall–Kier alpha value is -2.21. The van der Waals surface area contributed by atoms with Gasteiger partial charge < -0.3 is 5.73 Å². The molecule has 3 N–H and O–H groups in total. The van der Waals surface area contributed by atoms with Gasteiger partial charge >= 0.3 is 0 Å². The van der Waals surface area contributed by atoms with E-state index in [0.29, 0.717) is 12.3 Å². The van der Waals surface area contributed by atoms with E-state index in [9.17, 15) is 4.39 Å². The maximum absolute atomic E-state index is 12.8. The van der Waals surface area contributed by atoms with Crippen LogP contribution in [-0.4, -0.2) is 19.6 Å². The van der Waals surface area contributed by atoms with Crippen LogP contribution in [0.2, 0.25) is 0 Å². The largest absolute Gasteiger partial charge is 0.325 e. The number of hydrogen-bond acceptors (Lipinski definition) is 3. The van der Waals surface area contributed by atoms with Crippen LogP contribution in [0.15, 0.2) is 30.5 Å². The van der Waals surface area contributed by atoms with Crippen LogP contribution in [0.25, 0.3) is 5.78 Å². The fourth-order valence-corrected chi connectivity index (χ4v) is 1.99. The first-order valence-corrected chi connectivity index (χ1v) is 6.12. The minimum atomic E-state index is -0.213. The SMILES string of the molecule is NCc1cn2[nH]c(CCc3ccc(F)cc3)nc2n1. The van der Waals surface area contributed by atoms with E-state index in [-0.39, 0.29) is 5.82 Å². The van der Waals surface area contributed by atoms with E-state index in [1.807, 2.05) is 6.20 Å². The first-order valence-electron chi connectivity index (χ1n) is 6.12. The van der Waals surface area contributed by atoms with Gasteiger partial charge in [0.2, 0.25) is 0 Å². The summed E-state index contributed by atoms with van der Waals surface area (Å²) >= 11 is 0. The summed E-state index contributed by atoms with van der Waals surface area (Å²) in [7, 11) is 0. The molecule has 5 nitrogen and oxygen atoms in total. The van der Waals surface area contributed by atoms with Crippen LogP contribution in [0.4, 0.5) is 4.39 Å². The highest BCUT2D eigenvalue weighted by atomic mass is 19.1. The predicted molar refractivity (Wildman–Crippen MR) is 69.0 cm³/mol. The van der Waals surface area contributed by atoms with E-state index in [0.717, 1.165) is 29.9 Å². The molecule has 2 heterocycles. The molecule has 0 spiro atoms. The fourth-order valence-electron chi connectivity index (χ4n) is 1.99. The molecule has 3 rings (SSSR count). The summed E-state index contributed by atoms with van der Waals surface area (Å²) in [5.41, 5.74) is 7.40. The zero-order valence-corrected chi connectivity index (χ0v) is 10.3. The number of nitrogens with two attached hydrogens (primary N) is 1. The van der Waals surface area contributed by atoms with Crippen molar-refractivity contribution >= 4 is 5.78 Å². The van der Waals surface area contributed by atoms with Gasteiger partial charge in [0.25, 0.3) is 5.78 Å². The molecule has 1 aromatic carbocycles. The van der Waals surface area contributed by atoms with Crippen LogP contribution in [0, 0.1) is 5.82 Å². The Kier molecular flexibility index (Phi) is 3.00. The summed E-state index contributed by atoms with van der Waals surface area (Å²) in [6.45, 7) is 0.405. The molecule has 0 fully saturated rings. The molecule has 0 amide bonds. The number of aromatic amines is 1. The second kappa shape index (κ2) is 4.81. The predicted octanol–water partition coefficient (Wildman–Crippen LogP) is 1.44. The topological polar surface area (TPSA) is 72.0 Å². The summed E-state index contributed by atoms with van der Waals surface area (Å²) in [5, 5.41) is 3.15. The number of aryl methyl sites for hydroxylation is 2. The van der Waals surface area contributed by atoms with Crippen LogP contribution < -0.4 is 5.73 Å². The van der Waals surface area contributed by atoms with Gasteiger partial charge in [0.05, 0.1) is 11.9 Å². The van der Waals surface area contributed by atoms with Gasteiger partial charge in [0.15, 0.2) is 0 Å². The minimum absolute atomic E-state index is 0.213. The van der Waals surface area contributed by atoms with E-state index in [4.69, 9.17) is 5.73 Å². The lowest BCUT2D eigenvalue weighted by atomic mass is 10.1. The normalized spacial score (nSPS) is 11.3. The number of halogens is 1. The van der Waals surface area contributed by atoms with E-state index < -0.39 is 0 Å². The lowest BCUT2D eigenvalue weighted by Crippen LogP contribution is -1.97. The Morgan fingerprint density at radius 1 is 1.16 bits per heavy atom. The van der Waals surface area contributed by atoms with Crippen molar-refractivity contribution in [1.29, 1.82) is 0 Å². The molecule has 98 valence electrons. The molecule has 0 aliphatic rings. The van der Waals surface area contributed by atoms with Crippen molar-refractivity contribution in [2.45, 2.75) is 19.4 Å². The third-order valence-electron chi connectivity index (χ3n) is 2.99. The van der Waals surface area contributed by atoms with Gasteiger partial charge in [-0.15, -0.1) is 0 Å². The summed E-state index contributed by atoms with van der Waals surface area (Å²) in [6, 6.07) is 6.52. The highest BCUT2D eigenvalue weighted by Gasteiger charge is 2.06. The van der Waals surface area contributed by atoms with Crippen LogP contribution in [0.1, 0.15) is 17.1 Å². The molecule has 6 heteroatoms. The monoisotopic (exact) mass is 259 g/mol. The van der Waals surface area contributed by atoms with Gasteiger partial charge in [-0.05, 0) is 24.1 Å². The molecule has 0 bridgehead atoms. The molecule has 3 aromatic rings. The minimum Gasteiger partial charge on any atom is -0.325 e. The second-order valence-corrected chi connectivity index (χ2v) is 4.40. The molecule has 2 aromatic heterocycles. The molecule has 0 atom stereocenters. The fraction of sp³-hybridized carbons (Fsp3) is 0.231. The van der Waals surface area contributed by atoms with Crippen molar-refractivity contribution in [2.75, 3.05) is 0 Å². The van der Waals surface area contributed by atoms with Crippen molar-refractivity contribution in [3.8, 4) is 0 Å². The van der Waals surface area contributed by atoms with Crippen molar-refractivity contribution in [3.05, 3.63) is 53.4 Å². The Morgan fingerprint density at radius 3 is 2.63 bits per heavy atom. The van der Waals surface area contributed by atoms with Crippen LogP contribution in [0.3, 0.4) is 0 Å². The zero-order chi connectivity index (χ0) is 13.2. The third kappa shape index (κ3) is 2.48.